The van der Waals surface area contributed by atoms with E-state index in [4.69, 9.17) is 13.9 Å². The predicted molar refractivity (Wildman–Crippen MR) is 92.1 cm³/mol. The zero-order chi connectivity index (χ0) is 16.9. The van der Waals surface area contributed by atoms with Gasteiger partial charge in [-0.2, -0.15) is 0 Å². The molecule has 124 valence electrons. The molecule has 5 nitrogen and oxygen atoms in total. The zero-order valence-electron chi connectivity index (χ0n) is 13.3. The number of aliphatic imine (C=N–C) groups is 1. The summed E-state index contributed by atoms with van der Waals surface area (Å²) in [6, 6.07) is 9.08. The second-order valence-electron chi connectivity index (χ2n) is 6.39. The molecule has 0 N–H and O–H groups in total. The van der Waals surface area contributed by atoms with Crippen molar-refractivity contribution in [1.82, 2.24) is 0 Å². The summed E-state index contributed by atoms with van der Waals surface area (Å²) in [7, 11) is 0. The van der Waals surface area contributed by atoms with Gasteiger partial charge in [-0.25, -0.2) is 0 Å². The summed E-state index contributed by atoms with van der Waals surface area (Å²) in [5.41, 5.74) is 0.990. The van der Waals surface area contributed by atoms with Crippen molar-refractivity contribution in [2.24, 2.45) is 10.4 Å². The highest BCUT2D eigenvalue weighted by Crippen LogP contribution is 2.54. The minimum atomic E-state index is -0.504. The molecule has 2 unspecified atom stereocenters. The van der Waals surface area contributed by atoms with Crippen LogP contribution in [0.25, 0.3) is 6.08 Å². The monoisotopic (exact) mass is 333 g/mol. The van der Waals surface area contributed by atoms with Crippen LogP contribution in [0.3, 0.4) is 0 Å². The second-order valence-corrected chi connectivity index (χ2v) is 6.39. The maximum absolute atomic E-state index is 13.0. The molecule has 2 aliphatic heterocycles. The van der Waals surface area contributed by atoms with Crippen LogP contribution in [0.4, 0.5) is 0 Å². The molecule has 2 atom stereocenters. The average Bonchev–Trinajstić information content (AvgIpc) is 3.00. The number of hydrogen-bond acceptors (Lipinski definition) is 5. The van der Waals surface area contributed by atoms with Crippen LogP contribution in [-0.2, 0) is 0 Å². The van der Waals surface area contributed by atoms with Crippen LogP contribution in [-0.4, -0.2) is 24.3 Å². The fourth-order valence-corrected chi connectivity index (χ4v) is 3.34. The quantitative estimate of drug-likeness (QED) is 0.801. The smallest absolute Gasteiger partial charge is 0.231 e. The molecule has 0 saturated heterocycles. The standard InChI is InChI=1S/C20H15NO4/c22-19(13-3-6-16-17(10-13)25-12-24-16)20-8-7-14(21-18(20)11-20)4-5-15-2-1-9-23-15/h1-10,18H,11-12H2/b5-4+. The first-order chi connectivity index (χ1) is 12.2. The van der Waals surface area contributed by atoms with Gasteiger partial charge in [-0.3, -0.25) is 9.79 Å². The van der Waals surface area contributed by atoms with E-state index in [9.17, 15) is 4.79 Å². The zero-order valence-corrected chi connectivity index (χ0v) is 13.3. The number of nitrogens with zero attached hydrogens (tertiary/aromatic N) is 1. The summed E-state index contributed by atoms with van der Waals surface area (Å²) in [6.07, 6.45) is 10.1. The van der Waals surface area contributed by atoms with Gasteiger partial charge in [0.1, 0.15) is 5.76 Å². The van der Waals surface area contributed by atoms with Crippen LogP contribution in [0.15, 0.2) is 64.2 Å². The molecular formula is C20H15NO4. The first-order valence-corrected chi connectivity index (χ1v) is 8.18. The van der Waals surface area contributed by atoms with Gasteiger partial charge in [-0.15, -0.1) is 0 Å². The van der Waals surface area contributed by atoms with E-state index < -0.39 is 5.41 Å². The van der Waals surface area contributed by atoms with Crippen molar-refractivity contribution in [1.29, 1.82) is 0 Å². The molecule has 5 heteroatoms. The Morgan fingerprint density at radius 2 is 2.12 bits per heavy atom. The average molecular weight is 333 g/mol. The number of carbonyl (C=O) groups is 1. The summed E-state index contributed by atoms with van der Waals surface area (Å²) >= 11 is 0. The Bertz CT molecular complexity index is 939. The van der Waals surface area contributed by atoms with Crippen molar-refractivity contribution in [3.63, 3.8) is 0 Å². The van der Waals surface area contributed by atoms with Gasteiger partial charge in [-0.1, -0.05) is 6.08 Å². The lowest BCUT2D eigenvalue weighted by Gasteiger charge is -2.14. The van der Waals surface area contributed by atoms with Crippen molar-refractivity contribution in [2.45, 2.75) is 12.5 Å². The lowest BCUT2D eigenvalue weighted by molar-refractivity contribution is 0.0926. The van der Waals surface area contributed by atoms with Gasteiger partial charge < -0.3 is 13.9 Å². The number of furan rings is 1. The van der Waals surface area contributed by atoms with E-state index in [0.717, 1.165) is 17.9 Å². The Morgan fingerprint density at radius 3 is 2.96 bits per heavy atom. The maximum atomic E-state index is 13.0. The number of ether oxygens (including phenoxy) is 2. The third-order valence-electron chi connectivity index (χ3n) is 4.84. The van der Waals surface area contributed by atoms with E-state index in [0.29, 0.717) is 17.1 Å². The van der Waals surface area contributed by atoms with Crippen molar-refractivity contribution in [3.8, 4) is 11.5 Å². The first kappa shape index (κ1) is 14.3. The second kappa shape index (κ2) is 5.21. The summed E-state index contributed by atoms with van der Waals surface area (Å²) in [5.74, 6) is 2.18. The molecule has 3 heterocycles. The number of rotatable bonds is 4. The van der Waals surface area contributed by atoms with E-state index in [2.05, 4.69) is 4.99 Å². The number of allylic oxidation sites excluding steroid dienone is 2. The third kappa shape index (κ3) is 2.31. The number of carbonyl (C=O) groups excluding carboxylic acids is 1. The first-order valence-electron chi connectivity index (χ1n) is 8.18. The molecule has 1 saturated carbocycles. The highest BCUT2D eigenvalue weighted by molar-refractivity contribution is 6.11. The number of benzene rings is 1. The van der Waals surface area contributed by atoms with Crippen LogP contribution < -0.4 is 9.47 Å². The Hall–Kier alpha value is -3.08. The summed E-state index contributed by atoms with van der Waals surface area (Å²) < 4.78 is 15.9. The minimum Gasteiger partial charge on any atom is -0.465 e. The molecule has 1 aromatic carbocycles. The van der Waals surface area contributed by atoms with E-state index in [1.807, 2.05) is 36.4 Å². The molecule has 5 rings (SSSR count). The van der Waals surface area contributed by atoms with Crippen molar-refractivity contribution in [2.75, 3.05) is 6.79 Å². The van der Waals surface area contributed by atoms with E-state index in [1.54, 1.807) is 24.5 Å². The minimum absolute atomic E-state index is 0.00618. The van der Waals surface area contributed by atoms with Gasteiger partial charge in [0.15, 0.2) is 17.3 Å². The van der Waals surface area contributed by atoms with Crippen molar-refractivity contribution in [3.05, 3.63) is 66.1 Å². The van der Waals surface area contributed by atoms with Crippen LogP contribution in [0.2, 0.25) is 0 Å². The Balaban J connectivity index is 1.35. The van der Waals surface area contributed by atoms with E-state index in [1.165, 1.54) is 0 Å². The number of hydrogen-bond donors (Lipinski definition) is 0. The number of ketones is 1. The summed E-state index contributed by atoms with van der Waals surface area (Å²) in [5, 5.41) is 0. The fourth-order valence-electron chi connectivity index (χ4n) is 3.34. The SMILES string of the molecule is O=C(c1ccc2c(c1)OCO2)C12C=CC(/C=C/c3ccco3)=NC1C2. The number of fused-ring (bicyclic) bond motifs is 2. The van der Waals surface area contributed by atoms with E-state index >= 15 is 0 Å². The summed E-state index contributed by atoms with van der Waals surface area (Å²) in [4.78, 5) is 17.6. The Labute approximate surface area is 144 Å². The van der Waals surface area contributed by atoms with Crippen molar-refractivity contribution >= 4 is 17.6 Å². The molecule has 0 bridgehead atoms. The molecular weight excluding hydrogens is 318 g/mol. The Kier molecular flexibility index (Phi) is 2.98. The maximum Gasteiger partial charge on any atom is 0.231 e. The van der Waals surface area contributed by atoms with Crippen LogP contribution in [0, 0.1) is 5.41 Å². The van der Waals surface area contributed by atoms with Crippen LogP contribution in [0.1, 0.15) is 22.5 Å². The third-order valence-corrected chi connectivity index (χ3v) is 4.84. The molecule has 25 heavy (non-hydrogen) atoms. The van der Waals surface area contributed by atoms with Gasteiger partial charge in [0.05, 0.1) is 23.4 Å². The highest BCUT2D eigenvalue weighted by Gasteiger charge is 2.59. The number of Topliss-reactive ketones (excluding diaryl/α,β-unsaturated/α-hetero) is 1. The molecule has 2 aromatic rings. The molecule has 1 aromatic heterocycles. The molecule has 0 amide bonds. The Morgan fingerprint density at radius 1 is 1.20 bits per heavy atom. The predicted octanol–water partition coefficient (Wildman–Crippen LogP) is 3.67. The number of dihydropyridines is 1. The molecule has 0 spiro atoms. The van der Waals surface area contributed by atoms with Gasteiger partial charge in [0.2, 0.25) is 6.79 Å². The van der Waals surface area contributed by atoms with Gasteiger partial charge in [0.25, 0.3) is 0 Å². The molecule has 3 aliphatic rings. The molecule has 0 radical (unpaired) electrons. The van der Waals surface area contributed by atoms with Crippen LogP contribution >= 0.6 is 0 Å². The topological polar surface area (TPSA) is 61.0 Å². The van der Waals surface area contributed by atoms with Gasteiger partial charge >= 0.3 is 0 Å². The lowest BCUT2D eigenvalue weighted by atomic mass is 9.91. The van der Waals surface area contributed by atoms with Crippen LogP contribution in [0.5, 0.6) is 11.5 Å². The molecule has 1 fully saturated rings. The highest BCUT2D eigenvalue weighted by atomic mass is 16.7. The van der Waals surface area contributed by atoms with Crippen molar-refractivity contribution < 1.29 is 18.7 Å². The van der Waals surface area contributed by atoms with E-state index in [-0.39, 0.29) is 18.6 Å². The van der Waals surface area contributed by atoms with Gasteiger partial charge in [-0.05, 0) is 55.0 Å². The van der Waals surface area contributed by atoms with Gasteiger partial charge in [0, 0.05) is 5.56 Å². The fraction of sp³-hybridized carbons (Fsp3) is 0.200. The molecule has 1 aliphatic carbocycles. The summed E-state index contributed by atoms with van der Waals surface area (Å²) in [6.45, 7) is 0.205. The lowest BCUT2D eigenvalue weighted by Crippen LogP contribution is -2.20. The normalized spacial score (nSPS) is 25.8. The largest absolute Gasteiger partial charge is 0.465 e.